The third kappa shape index (κ3) is 1.75. The average molecular weight is 174 g/mol. The van der Waals surface area contributed by atoms with Crippen LogP contribution < -0.4 is 0 Å². The third-order valence-corrected chi connectivity index (χ3v) is 2.60. The quantitative estimate of drug-likeness (QED) is 0.669. The summed E-state index contributed by atoms with van der Waals surface area (Å²) >= 11 is 5.78. The summed E-state index contributed by atoms with van der Waals surface area (Å²) in [4.78, 5) is 0. The molecule has 1 rings (SSSR count). The molecule has 0 saturated heterocycles. The summed E-state index contributed by atoms with van der Waals surface area (Å²) in [6.07, 6.45) is 0. The zero-order chi connectivity index (χ0) is 7.40. The van der Waals surface area contributed by atoms with Crippen LogP contribution in [0, 0.1) is 0 Å². The molecule has 0 bridgehead atoms. The van der Waals surface area contributed by atoms with Gasteiger partial charge in [0.1, 0.15) is 0 Å². The first kappa shape index (κ1) is 8.11. The van der Waals surface area contributed by atoms with Gasteiger partial charge in [-0.25, -0.2) is 0 Å². The molecule has 0 aliphatic rings. The smallest absolute Gasteiger partial charge is 0.0507 e. The third-order valence-electron chi connectivity index (χ3n) is 1.46. The molecule has 0 aliphatic carbocycles. The van der Waals surface area contributed by atoms with Gasteiger partial charge in [-0.1, -0.05) is 0 Å². The Bertz CT molecular complexity index is 168. The number of thiol groups is 1. The van der Waals surface area contributed by atoms with E-state index in [2.05, 4.69) is 18.0 Å². The molecule has 0 aromatic carbocycles. The Balaban J connectivity index is 2.64. The van der Waals surface area contributed by atoms with E-state index < -0.39 is 0 Å². The Hall–Kier alpha value is 0.01000. The maximum Gasteiger partial charge on any atom is 0.0507 e. The van der Waals surface area contributed by atoms with Gasteiger partial charge in [-0.05, 0) is 28.1 Å². The van der Waals surface area contributed by atoms with Gasteiger partial charge >= 0.3 is 0 Å². The Morgan fingerprint density at radius 2 is 2.50 bits per heavy atom. The summed E-state index contributed by atoms with van der Waals surface area (Å²) in [5.41, 5.74) is 1.20. The first-order valence-corrected chi connectivity index (χ1v) is 4.69. The lowest BCUT2D eigenvalue weighted by molar-refractivity contribution is 0.275. The van der Waals surface area contributed by atoms with E-state index in [0.717, 1.165) is 0 Å². The molecule has 0 saturated carbocycles. The van der Waals surface area contributed by atoms with Crippen LogP contribution in [-0.4, -0.2) is 17.5 Å². The molecule has 0 radical (unpaired) electrons. The van der Waals surface area contributed by atoms with Crippen LogP contribution in [0.4, 0.5) is 0 Å². The molecule has 3 heteroatoms. The summed E-state index contributed by atoms with van der Waals surface area (Å²) in [6, 6.07) is 2.03. The van der Waals surface area contributed by atoms with Gasteiger partial charge in [-0.15, -0.1) is 0 Å². The molecule has 1 aromatic heterocycles. The summed E-state index contributed by atoms with van der Waals surface area (Å²) < 4.78 is 0. The predicted molar refractivity (Wildman–Crippen MR) is 48.0 cm³/mol. The second kappa shape index (κ2) is 4.01. The summed E-state index contributed by atoms with van der Waals surface area (Å²) in [6.45, 7) is 0.195. The van der Waals surface area contributed by atoms with Crippen molar-refractivity contribution in [3.05, 3.63) is 22.4 Å². The zero-order valence-corrected chi connectivity index (χ0v) is 7.24. The SMILES string of the molecule is OCC(CS)c1ccsc1. The minimum absolute atomic E-state index is 0.195. The number of aliphatic hydroxyl groups excluding tert-OH is 1. The molecule has 10 heavy (non-hydrogen) atoms. The lowest BCUT2D eigenvalue weighted by atomic mass is 10.1. The number of thiophene rings is 1. The number of rotatable bonds is 3. The van der Waals surface area contributed by atoms with Crippen LogP contribution in [0.5, 0.6) is 0 Å². The van der Waals surface area contributed by atoms with Crippen molar-refractivity contribution in [1.82, 2.24) is 0 Å². The molecule has 1 nitrogen and oxygen atoms in total. The van der Waals surface area contributed by atoms with Gasteiger partial charge < -0.3 is 5.11 Å². The molecule has 0 fully saturated rings. The van der Waals surface area contributed by atoms with Crippen LogP contribution in [-0.2, 0) is 0 Å². The lowest BCUT2D eigenvalue weighted by Crippen LogP contribution is -2.03. The normalized spacial score (nSPS) is 13.4. The second-order valence-corrected chi connectivity index (χ2v) is 3.26. The van der Waals surface area contributed by atoms with Gasteiger partial charge in [0.05, 0.1) is 6.61 Å². The van der Waals surface area contributed by atoms with Crippen LogP contribution in [0.15, 0.2) is 16.8 Å². The van der Waals surface area contributed by atoms with Crippen LogP contribution in [0.2, 0.25) is 0 Å². The predicted octanol–water partition coefficient (Wildman–Crippen LogP) is 1.75. The van der Waals surface area contributed by atoms with Crippen LogP contribution in [0.3, 0.4) is 0 Å². The monoisotopic (exact) mass is 174 g/mol. The fraction of sp³-hybridized carbons (Fsp3) is 0.429. The second-order valence-electron chi connectivity index (χ2n) is 2.12. The van der Waals surface area contributed by atoms with Crippen molar-refractivity contribution in [1.29, 1.82) is 0 Å². The fourth-order valence-corrected chi connectivity index (χ4v) is 1.84. The maximum atomic E-state index is 8.85. The topological polar surface area (TPSA) is 20.2 Å². The van der Waals surface area contributed by atoms with Crippen molar-refractivity contribution < 1.29 is 5.11 Å². The summed E-state index contributed by atoms with van der Waals surface area (Å²) in [5.74, 6) is 0.933. The standard InChI is InChI=1S/C7H10OS2/c8-3-7(4-9)6-1-2-10-5-6/h1-2,5,7-9H,3-4H2. The number of hydrogen-bond acceptors (Lipinski definition) is 3. The molecule has 1 aromatic rings. The van der Waals surface area contributed by atoms with E-state index >= 15 is 0 Å². The molecule has 1 atom stereocenters. The minimum Gasteiger partial charge on any atom is -0.396 e. The van der Waals surface area contributed by atoms with Crippen molar-refractivity contribution in [3.63, 3.8) is 0 Å². The highest BCUT2D eigenvalue weighted by atomic mass is 32.1. The van der Waals surface area contributed by atoms with Gasteiger partial charge in [0.2, 0.25) is 0 Å². The summed E-state index contributed by atoms with van der Waals surface area (Å²) in [5, 5.41) is 12.9. The molecule has 56 valence electrons. The largest absolute Gasteiger partial charge is 0.396 e. The molecule has 0 amide bonds. The maximum absolute atomic E-state index is 8.85. The van der Waals surface area contributed by atoms with Crippen molar-refractivity contribution in [2.75, 3.05) is 12.4 Å². The van der Waals surface area contributed by atoms with E-state index in [0.29, 0.717) is 5.75 Å². The number of aliphatic hydroxyl groups is 1. The van der Waals surface area contributed by atoms with Crippen molar-refractivity contribution >= 4 is 24.0 Å². The molecule has 1 heterocycles. The Morgan fingerprint density at radius 1 is 1.70 bits per heavy atom. The Kier molecular flexibility index (Phi) is 3.25. The number of hydrogen-bond donors (Lipinski definition) is 2. The van der Waals surface area contributed by atoms with Gasteiger partial charge in [0.25, 0.3) is 0 Å². The highest BCUT2D eigenvalue weighted by molar-refractivity contribution is 7.80. The van der Waals surface area contributed by atoms with E-state index in [1.165, 1.54) is 5.56 Å². The van der Waals surface area contributed by atoms with Crippen LogP contribution >= 0.6 is 24.0 Å². The molecular formula is C7H10OS2. The molecule has 1 unspecified atom stereocenters. The molecule has 1 N–H and O–H groups in total. The Morgan fingerprint density at radius 3 is 2.90 bits per heavy atom. The van der Waals surface area contributed by atoms with Crippen molar-refractivity contribution in [2.45, 2.75) is 5.92 Å². The highest BCUT2D eigenvalue weighted by Gasteiger charge is 2.07. The zero-order valence-electron chi connectivity index (χ0n) is 5.53. The van der Waals surface area contributed by atoms with Crippen molar-refractivity contribution in [2.24, 2.45) is 0 Å². The van der Waals surface area contributed by atoms with Crippen LogP contribution in [0.1, 0.15) is 11.5 Å². The van der Waals surface area contributed by atoms with Gasteiger partial charge in [0.15, 0.2) is 0 Å². The van der Waals surface area contributed by atoms with E-state index in [9.17, 15) is 0 Å². The van der Waals surface area contributed by atoms with Crippen LogP contribution in [0.25, 0.3) is 0 Å². The van der Waals surface area contributed by atoms with E-state index in [1.54, 1.807) is 11.3 Å². The lowest BCUT2D eigenvalue weighted by Gasteiger charge is -2.06. The molecular weight excluding hydrogens is 164 g/mol. The Labute approximate surface area is 70.1 Å². The fourth-order valence-electron chi connectivity index (χ4n) is 0.776. The first-order chi connectivity index (χ1) is 4.88. The molecule has 0 aliphatic heterocycles. The first-order valence-electron chi connectivity index (χ1n) is 3.12. The van der Waals surface area contributed by atoms with Gasteiger partial charge in [-0.3, -0.25) is 0 Å². The van der Waals surface area contributed by atoms with Gasteiger partial charge in [0, 0.05) is 5.92 Å². The molecule has 0 spiro atoms. The minimum atomic E-state index is 0.195. The van der Waals surface area contributed by atoms with Gasteiger partial charge in [-0.2, -0.15) is 24.0 Å². The van der Waals surface area contributed by atoms with E-state index in [-0.39, 0.29) is 12.5 Å². The average Bonchev–Trinajstić information content (AvgIpc) is 2.43. The summed E-state index contributed by atoms with van der Waals surface area (Å²) in [7, 11) is 0. The van der Waals surface area contributed by atoms with E-state index in [1.807, 2.05) is 11.4 Å². The highest BCUT2D eigenvalue weighted by Crippen LogP contribution is 2.18. The van der Waals surface area contributed by atoms with E-state index in [4.69, 9.17) is 5.11 Å². The van der Waals surface area contributed by atoms with Crippen molar-refractivity contribution in [3.8, 4) is 0 Å².